The molecule has 0 radical (unpaired) electrons. The standard InChI is InChI=1S/C20H18N6S/c1-11-10-23-12(2)15(11)17-18(19-21-7-8-22-19)27-20(24-17)16-13(3)25-26-9-5-4-6-14(16)26/h4-7,9H,8,10H2,1-3H3. The van der Waals surface area contributed by atoms with Crippen LogP contribution in [0.15, 0.2) is 44.9 Å². The van der Waals surface area contributed by atoms with Crippen molar-refractivity contribution >= 4 is 40.2 Å². The van der Waals surface area contributed by atoms with Gasteiger partial charge in [-0.1, -0.05) is 6.07 Å². The van der Waals surface area contributed by atoms with Gasteiger partial charge < -0.3 is 0 Å². The van der Waals surface area contributed by atoms with E-state index in [1.54, 1.807) is 11.3 Å². The Bertz CT molecular complexity index is 1200. The van der Waals surface area contributed by atoms with Crippen LogP contribution in [0.5, 0.6) is 0 Å². The lowest BCUT2D eigenvalue weighted by atomic mass is 10.0. The molecule has 27 heavy (non-hydrogen) atoms. The fourth-order valence-corrected chi connectivity index (χ4v) is 4.77. The molecule has 0 fully saturated rings. The first-order valence-electron chi connectivity index (χ1n) is 8.87. The predicted molar refractivity (Wildman–Crippen MR) is 112 cm³/mol. The van der Waals surface area contributed by atoms with Crippen molar-refractivity contribution in [2.45, 2.75) is 20.8 Å². The molecule has 0 spiro atoms. The van der Waals surface area contributed by atoms with Gasteiger partial charge in [0, 0.05) is 23.7 Å². The minimum atomic E-state index is 0.628. The molecular weight excluding hydrogens is 356 g/mol. The minimum Gasteiger partial charge on any atom is -0.285 e. The highest BCUT2D eigenvalue weighted by molar-refractivity contribution is 7.17. The van der Waals surface area contributed by atoms with Gasteiger partial charge in [0.15, 0.2) is 5.84 Å². The van der Waals surface area contributed by atoms with Gasteiger partial charge in [0.25, 0.3) is 0 Å². The first-order valence-corrected chi connectivity index (χ1v) is 9.69. The second kappa shape index (κ2) is 6.06. The molecule has 0 atom stereocenters. The molecule has 0 aromatic carbocycles. The van der Waals surface area contributed by atoms with Gasteiger partial charge in [-0.2, -0.15) is 5.10 Å². The summed E-state index contributed by atoms with van der Waals surface area (Å²) in [5.74, 6) is 0.767. The smallest absolute Gasteiger partial charge is 0.167 e. The SMILES string of the molecule is CC1=NCC(C)=C1c1nc(-c2c(C)nn3ccccc23)sc1C1=NCC=N1. The highest BCUT2D eigenvalue weighted by atomic mass is 32.1. The first-order chi connectivity index (χ1) is 13.1. The summed E-state index contributed by atoms with van der Waals surface area (Å²) in [4.78, 5) is 19.7. The number of aryl methyl sites for hydroxylation is 1. The Labute approximate surface area is 160 Å². The number of pyridine rings is 1. The summed E-state index contributed by atoms with van der Waals surface area (Å²) >= 11 is 1.64. The number of hydrogen-bond acceptors (Lipinski definition) is 6. The van der Waals surface area contributed by atoms with Gasteiger partial charge >= 0.3 is 0 Å². The molecule has 5 heterocycles. The van der Waals surface area contributed by atoms with E-state index in [1.807, 2.05) is 36.0 Å². The molecule has 2 aliphatic heterocycles. The summed E-state index contributed by atoms with van der Waals surface area (Å²) in [6.45, 7) is 7.57. The van der Waals surface area contributed by atoms with E-state index < -0.39 is 0 Å². The van der Waals surface area contributed by atoms with E-state index in [0.717, 1.165) is 56.0 Å². The Morgan fingerprint density at radius 1 is 1.11 bits per heavy atom. The lowest BCUT2D eigenvalue weighted by molar-refractivity contribution is 0.934. The van der Waals surface area contributed by atoms with Gasteiger partial charge in [0.2, 0.25) is 0 Å². The van der Waals surface area contributed by atoms with Gasteiger partial charge in [0.05, 0.1) is 40.4 Å². The van der Waals surface area contributed by atoms with Gasteiger partial charge in [-0.15, -0.1) is 11.3 Å². The Morgan fingerprint density at radius 2 is 2.00 bits per heavy atom. The Kier molecular flexibility index (Phi) is 3.65. The number of aliphatic imine (C=N–C) groups is 3. The maximum absolute atomic E-state index is 5.06. The molecule has 0 bridgehead atoms. The molecule has 0 saturated carbocycles. The molecule has 134 valence electrons. The van der Waals surface area contributed by atoms with Crippen molar-refractivity contribution in [3.05, 3.63) is 46.2 Å². The van der Waals surface area contributed by atoms with Crippen LogP contribution in [0.1, 0.15) is 30.1 Å². The summed E-state index contributed by atoms with van der Waals surface area (Å²) < 4.78 is 1.91. The fraction of sp³-hybridized carbons (Fsp3) is 0.250. The van der Waals surface area contributed by atoms with Crippen LogP contribution in [0.3, 0.4) is 0 Å². The van der Waals surface area contributed by atoms with Crippen molar-refractivity contribution in [1.82, 2.24) is 14.6 Å². The highest BCUT2D eigenvalue weighted by Gasteiger charge is 2.27. The first kappa shape index (κ1) is 16.3. The lowest BCUT2D eigenvalue weighted by Gasteiger charge is -2.04. The number of nitrogens with zero attached hydrogens (tertiary/aromatic N) is 6. The molecule has 5 rings (SSSR count). The van der Waals surface area contributed by atoms with Crippen LogP contribution >= 0.6 is 11.3 Å². The van der Waals surface area contributed by atoms with Gasteiger partial charge in [0.1, 0.15) is 5.01 Å². The van der Waals surface area contributed by atoms with E-state index in [4.69, 9.17) is 4.98 Å². The van der Waals surface area contributed by atoms with Crippen LogP contribution in [-0.2, 0) is 0 Å². The van der Waals surface area contributed by atoms with Crippen molar-refractivity contribution in [3.8, 4) is 10.6 Å². The van der Waals surface area contributed by atoms with Crippen LogP contribution in [0, 0.1) is 6.92 Å². The van der Waals surface area contributed by atoms with E-state index in [2.05, 4.69) is 40.0 Å². The predicted octanol–water partition coefficient (Wildman–Crippen LogP) is 3.85. The van der Waals surface area contributed by atoms with Crippen LogP contribution < -0.4 is 0 Å². The van der Waals surface area contributed by atoms with Gasteiger partial charge in [-0.25, -0.2) is 14.5 Å². The maximum Gasteiger partial charge on any atom is 0.167 e. The monoisotopic (exact) mass is 374 g/mol. The van der Waals surface area contributed by atoms with Crippen molar-refractivity contribution in [2.24, 2.45) is 15.0 Å². The average Bonchev–Trinajstić information content (AvgIpc) is 3.40. The second-order valence-corrected chi connectivity index (χ2v) is 7.72. The van der Waals surface area contributed by atoms with Crippen LogP contribution in [0.4, 0.5) is 0 Å². The minimum absolute atomic E-state index is 0.628. The fourth-order valence-electron chi connectivity index (χ4n) is 3.63. The summed E-state index contributed by atoms with van der Waals surface area (Å²) in [5, 5.41) is 5.59. The number of thiazole rings is 1. The molecule has 3 aromatic heterocycles. The zero-order valence-electron chi connectivity index (χ0n) is 15.4. The van der Waals surface area contributed by atoms with Gasteiger partial charge in [-0.3, -0.25) is 9.98 Å². The van der Waals surface area contributed by atoms with E-state index in [1.165, 1.54) is 5.57 Å². The molecule has 0 amide bonds. The maximum atomic E-state index is 5.06. The number of allylic oxidation sites excluding steroid dienone is 1. The third-order valence-electron chi connectivity index (χ3n) is 4.87. The van der Waals surface area contributed by atoms with E-state index >= 15 is 0 Å². The zero-order valence-corrected chi connectivity index (χ0v) is 16.2. The van der Waals surface area contributed by atoms with E-state index in [-0.39, 0.29) is 0 Å². The summed E-state index contributed by atoms with van der Waals surface area (Å²) in [6.07, 6.45) is 3.81. The highest BCUT2D eigenvalue weighted by Crippen LogP contribution is 2.38. The number of hydrogen-bond donors (Lipinski definition) is 0. The molecule has 0 saturated heterocycles. The summed E-state index contributed by atoms with van der Waals surface area (Å²) in [7, 11) is 0. The zero-order chi connectivity index (χ0) is 18.5. The molecule has 6 nitrogen and oxygen atoms in total. The van der Waals surface area contributed by atoms with E-state index in [9.17, 15) is 0 Å². The van der Waals surface area contributed by atoms with E-state index in [0.29, 0.717) is 6.54 Å². The third kappa shape index (κ3) is 2.49. The van der Waals surface area contributed by atoms with Crippen molar-refractivity contribution in [2.75, 3.05) is 13.1 Å². The summed E-state index contributed by atoms with van der Waals surface area (Å²) in [5.41, 5.74) is 7.44. The largest absolute Gasteiger partial charge is 0.285 e. The van der Waals surface area contributed by atoms with Crippen molar-refractivity contribution in [1.29, 1.82) is 0 Å². The van der Waals surface area contributed by atoms with Crippen molar-refractivity contribution in [3.63, 3.8) is 0 Å². The number of fused-ring (bicyclic) bond motifs is 1. The van der Waals surface area contributed by atoms with Crippen LogP contribution in [-0.4, -0.2) is 45.4 Å². The molecule has 2 aliphatic rings. The molecule has 3 aromatic rings. The Hall–Kier alpha value is -2.93. The van der Waals surface area contributed by atoms with Crippen LogP contribution in [0.2, 0.25) is 0 Å². The number of aromatic nitrogens is 3. The molecule has 7 heteroatoms. The van der Waals surface area contributed by atoms with Gasteiger partial charge in [-0.05, 0) is 38.5 Å². The van der Waals surface area contributed by atoms with Crippen LogP contribution in [0.25, 0.3) is 21.7 Å². The molecule has 0 N–H and O–H groups in total. The summed E-state index contributed by atoms with van der Waals surface area (Å²) in [6, 6.07) is 6.09. The number of amidine groups is 1. The lowest BCUT2D eigenvalue weighted by Crippen LogP contribution is -2.02. The molecular formula is C20H18N6S. The third-order valence-corrected chi connectivity index (χ3v) is 5.94. The molecule has 0 aliphatic carbocycles. The second-order valence-electron chi connectivity index (χ2n) is 6.72. The van der Waals surface area contributed by atoms with Crippen molar-refractivity contribution < 1.29 is 0 Å². The quantitative estimate of drug-likeness (QED) is 0.699. The molecule has 0 unspecified atom stereocenters. The Balaban J connectivity index is 1.77. The topological polar surface area (TPSA) is 67.3 Å². The normalized spacial score (nSPS) is 16.6. The number of rotatable bonds is 3. The average molecular weight is 374 g/mol. The Morgan fingerprint density at radius 3 is 2.74 bits per heavy atom.